The van der Waals surface area contributed by atoms with Crippen LogP contribution in [0.25, 0.3) is 0 Å². The number of rotatable bonds is 4. The molecule has 3 rings (SSSR count). The third-order valence-electron chi connectivity index (χ3n) is 4.18. The molecule has 2 aliphatic rings. The maximum absolute atomic E-state index is 13.0. The highest BCUT2D eigenvalue weighted by Crippen LogP contribution is 2.31. The van der Waals surface area contributed by atoms with E-state index in [2.05, 4.69) is 5.32 Å². The van der Waals surface area contributed by atoms with Gasteiger partial charge in [0.25, 0.3) is 0 Å². The van der Waals surface area contributed by atoms with E-state index in [1.807, 2.05) is 4.90 Å². The first-order chi connectivity index (χ1) is 10.7. The Kier molecular flexibility index (Phi) is 4.59. The van der Waals surface area contributed by atoms with Crippen molar-refractivity contribution in [1.29, 1.82) is 0 Å². The lowest BCUT2D eigenvalue weighted by atomic mass is 10.0. The van der Waals surface area contributed by atoms with Crippen LogP contribution in [0.5, 0.6) is 0 Å². The predicted octanol–water partition coefficient (Wildman–Crippen LogP) is 1.99. The monoisotopic (exact) mass is 308 g/mol. The molecule has 22 heavy (non-hydrogen) atoms. The number of nitrogens with one attached hydrogen (secondary N) is 1. The summed E-state index contributed by atoms with van der Waals surface area (Å²) in [6.07, 6.45) is 1.86. The number of benzene rings is 1. The van der Waals surface area contributed by atoms with Gasteiger partial charge in [0.05, 0.1) is 13.2 Å². The van der Waals surface area contributed by atoms with Gasteiger partial charge in [-0.15, -0.1) is 0 Å². The van der Waals surface area contributed by atoms with Gasteiger partial charge in [0, 0.05) is 44.6 Å². The van der Waals surface area contributed by atoms with Crippen molar-refractivity contribution in [3.8, 4) is 0 Å². The van der Waals surface area contributed by atoms with Crippen molar-refractivity contribution >= 4 is 11.6 Å². The van der Waals surface area contributed by atoms with Crippen LogP contribution in [0.4, 0.5) is 10.1 Å². The summed E-state index contributed by atoms with van der Waals surface area (Å²) in [5, 5.41) is 3.07. The summed E-state index contributed by atoms with van der Waals surface area (Å²) in [7, 11) is 0. The second kappa shape index (κ2) is 6.62. The van der Waals surface area contributed by atoms with Gasteiger partial charge in [0.1, 0.15) is 5.82 Å². The zero-order valence-corrected chi connectivity index (χ0v) is 12.5. The number of halogens is 1. The van der Waals surface area contributed by atoms with Crippen molar-refractivity contribution in [2.45, 2.75) is 25.0 Å². The van der Waals surface area contributed by atoms with E-state index in [-0.39, 0.29) is 11.7 Å². The number of anilines is 1. The van der Waals surface area contributed by atoms with E-state index >= 15 is 0 Å². The average molecular weight is 308 g/mol. The molecule has 0 bridgehead atoms. The molecule has 1 aromatic rings. The van der Waals surface area contributed by atoms with Crippen molar-refractivity contribution in [2.75, 3.05) is 38.2 Å². The number of ether oxygens (including phenoxy) is 2. The van der Waals surface area contributed by atoms with Crippen molar-refractivity contribution in [3.05, 3.63) is 30.1 Å². The van der Waals surface area contributed by atoms with Gasteiger partial charge < -0.3 is 19.7 Å². The molecule has 0 aromatic heterocycles. The van der Waals surface area contributed by atoms with Crippen LogP contribution in [-0.2, 0) is 14.3 Å². The first-order valence-electron chi connectivity index (χ1n) is 7.72. The van der Waals surface area contributed by atoms with Crippen LogP contribution in [0.3, 0.4) is 0 Å². The zero-order chi connectivity index (χ0) is 15.4. The first kappa shape index (κ1) is 15.2. The molecule has 1 amide bonds. The second-order valence-electron chi connectivity index (χ2n) is 5.68. The Hall–Kier alpha value is -1.66. The number of piperidine rings is 1. The molecule has 0 unspecified atom stereocenters. The number of hydrogen-bond donors (Lipinski definition) is 1. The lowest BCUT2D eigenvalue weighted by Gasteiger charge is -2.37. The number of nitrogens with zero attached hydrogens (tertiary/aromatic N) is 1. The highest BCUT2D eigenvalue weighted by atomic mass is 19.1. The van der Waals surface area contributed by atoms with E-state index in [0.717, 1.165) is 12.8 Å². The molecular weight excluding hydrogens is 287 g/mol. The number of likely N-dealkylation sites (tertiary alicyclic amines) is 1. The Morgan fingerprint density at radius 1 is 1.27 bits per heavy atom. The number of amides is 1. The molecule has 120 valence electrons. The zero-order valence-electron chi connectivity index (χ0n) is 12.5. The van der Waals surface area contributed by atoms with Gasteiger partial charge in [0.15, 0.2) is 5.79 Å². The van der Waals surface area contributed by atoms with Crippen LogP contribution >= 0.6 is 0 Å². The van der Waals surface area contributed by atoms with Crippen LogP contribution in [0, 0.1) is 5.82 Å². The van der Waals surface area contributed by atoms with E-state index < -0.39 is 5.79 Å². The van der Waals surface area contributed by atoms with Crippen LogP contribution in [0.1, 0.15) is 19.3 Å². The lowest BCUT2D eigenvalue weighted by molar-refractivity contribution is -0.187. The quantitative estimate of drug-likeness (QED) is 0.924. The lowest BCUT2D eigenvalue weighted by Crippen LogP contribution is -2.47. The summed E-state index contributed by atoms with van der Waals surface area (Å²) in [5.41, 5.74) is 0.693. The Balaban J connectivity index is 1.41. The Morgan fingerprint density at radius 3 is 2.68 bits per heavy atom. The molecule has 6 heteroatoms. The molecule has 2 heterocycles. The molecule has 0 aliphatic carbocycles. The van der Waals surface area contributed by atoms with Crippen LogP contribution in [-0.4, -0.2) is 49.4 Å². The van der Waals surface area contributed by atoms with Crippen molar-refractivity contribution < 1.29 is 18.7 Å². The predicted molar refractivity (Wildman–Crippen MR) is 80.0 cm³/mol. The molecule has 0 saturated carbocycles. The normalized spacial score (nSPS) is 20.3. The molecule has 2 saturated heterocycles. The minimum absolute atomic E-state index is 0.108. The molecule has 0 radical (unpaired) electrons. The summed E-state index contributed by atoms with van der Waals surface area (Å²) < 4.78 is 24.4. The molecule has 5 nitrogen and oxygen atoms in total. The number of carbonyl (C=O) groups excluding carboxylic acids is 1. The maximum Gasteiger partial charge on any atom is 0.224 e. The summed E-state index contributed by atoms with van der Waals surface area (Å²) in [4.78, 5) is 14.0. The summed E-state index contributed by atoms with van der Waals surface area (Å²) >= 11 is 0. The van der Waals surface area contributed by atoms with Gasteiger partial charge >= 0.3 is 0 Å². The maximum atomic E-state index is 13.0. The summed E-state index contributed by atoms with van der Waals surface area (Å²) in [5.74, 6) is -0.623. The largest absolute Gasteiger partial charge is 0.384 e. The fraction of sp³-hybridized carbons (Fsp3) is 0.562. The van der Waals surface area contributed by atoms with E-state index in [1.165, 1.54) is 12.1 Å². The molecular formula is C16H21FN2O3. The Morgan fingerprint density at radius 2 is 2.00 bits per heavy atom. The van der Waals surface area contributed by atoms with E-state index in [9.17, 15) is 9.18 Å². The SMILES string of the molecule is O=C(CCNc1cccc(F)c1)N1CCC2(CC1)OCCO2. The third-order valence-corrected chi connectivity index (χ3v) is 4.18. The van der Waals surface area contributed by atoms with E-state index in [4.69, 9.17) is 9.47 Å². The van der Waals surface area contributed by atoms with Gasteiger partial charge in [-0.2, -0.15) is 0 Å². The molecule has 2 fully saturated rings. The summed E-state index contributed by atoms with van der Waals surface area (Å²) in [6, 6.07) is 6.25. The first-order valence-corrected chi connectivity index (χ1v) is 7.72. The van der Waals surface area contributed by atoms with Gasteiger partial charge in [-0.05, 0) is 18.2 Å². The van der Waals surface area contributed by atoms with Gasteiger partial charge in [-0.1, -0.05) is 6.07 Å². The molecule has 1 aromatic carbocycles. The topological polar surface area (TPSA) is 50.8 Å². The van der Waals surface area contributed by atoms with Crippen molar-refractivity contribution in [2.24, 2.45) is 0 Å². The number of carbonyl (C=O) groups is 1. The standard InChI is InChI=1S/C16H21FN2O3/c17-13-2-1-3-14(12-13)18-7-4-15(20)19-8-5-16(6-9-19)21-10-11-22-16/h1-3,12,18H,4-11H2. The third kappa shape index (κ3) is 3.56. The van der Waals surface area contributed by atoms with Crippen molar-refractivity contribution in [1.82, 2.24) is 4.90 Å². The van der Waals surface area contributed by atoms with E-state index in [0.29, 0.717) is 45.0 Å². The van der Waals surface area contributed by atoms with Crippen LogP contribution < -0.4 is 5.32 Å². The fourth-order valence-corrected chi connectivity index (χ4v) is 2.95. The molecule has 1 N–H and O–H groups in total. The van der Waals surface area contributed by atoms with Gasteiger partial charge in [-0.25, -0.2) is 4.39 Å². The highest BCUT2D eigenvalue weighted by molar-refractivity contribution is 5.76. The van der Waals surface area contributed by atoms with Crippen LogP contribution in [0.2, 0.25) is 0 Å². The smallest absolute Gasteiger partial charge is 0.224 e. The molecule has 0 atom stereocenters. The Labute approximate surface area is 129 Å². The molecule has 1 spiro atoms. The fourth-order valence-electron chi connectivity index (χ4n) is 2.95. The van der Waals surface area contributed by atoms with Gasteiger partial charge in [0.2, 0.25) is 5.91 Å². The second-order valence-corrected chi connectivity index (χ2v) is 5.68. The highest BCUT2D eigenvalue weighted by Gasteiger charge is 2.40. The Bertz CT molecular complexity index is 522. The van der Waals surface area contributed by atoms with Crippen LogP contribution in [0.15, 0.2) is 24.3 Å². The van der Waals surface area contributed by atoms with Gasteiger partial charge in [-0.3, -0.25) is 4.79 Å². The molecule has 2 aliphatic heterocycles. The minimum atomic E-state index is -0.448. The average Bonchev–Trinajstić information content (AvgIpc) is 2.96. The number of hydrogen-bond acceptors (Lipinski definition) is 4. The van der Waals surface area contributed by atoms with E-state index in [1.54, 1.807) is 12.1 Å². The summed E-state index contributed by atoms with van der Waals surface area (Å²) in [6.45, 7) is 3.12. The minimum Gasteiger partial charge on any atom is -0.384 e. The van der Waals surface area contributed by atoms with Crippen molar-refractivity contribution in [3.63, 3.8) is 0 Å².